The van der Waals surface area contributed by atoms with Crippen LogP contribution in [0.15, 0.2) is 0 Å². The maximum Gasteiger partial charge on any atom is 0.0184 e. The summed E-state index contributed by atoms with van der Waals surface area (Å²) in [4.78, 5) is 2.57. The third-order valence-corrected chi connectivity index (χ3v) is 0.530. The van der Waals surface area contributed by atoms with Gasteiger partial charge >= 0.3 is 0 Å². The minimum atomic E-state index is 0.240. The lowest BCUT2D eigenvalue weighted by atomic mass is 10.2. The molecule has 1 heteroatoms. The fourth-order valence-electron chi connectivity index (χ4n) is 0.0931. The first-order chi connectivity index (χ1) is 2.77. The van der Waals surface area contributed by atoms with Gasteiger partial charge in [0, 0.05) is 21.8 Å². The lowest BCUT2D eigenvalue weighted by molar-refractivity contribution is 0.978. The quantitative estimate of drug-likeness (QED) is 0.457. The molecule has 0 saturated carbocycles. The van der Waals surface area contributed by atoms with E-state index in [0.29, 0.717) is 0 Å². The summed E-state index contributed by atoms with van der Waals surface area (Å²) >= 11 is 2.95. The largest absolute Gasteiger partial charge is 0.0876 e. The Bertz CT molecular complexity index is 73.7. The van der Waals surface area contributed by atoms with Crippen LogP contribution >= 0.6 is 15.9 Å². The van der Waals surface area contributed by atoms with Crippen molar-refractivity contribution in [1.29, 1.82) is 0 Å². The van der Waals surface area contributed by atoms with Crippen molar-refractivity contribution in [1.82, 2.24) is 0 Å². The first kappa shape index (κ1) is 6.04. The topological polar surface area (TPSA) is 0 Å². The first-order valence-corrected chi connectivity index (χ1v) is 2.51. The first-order valence-electron chi connectivity index (χ1n) is 1.71. The molecular formula is C5H6Br. The van der Waals surface area contributed by atoms with Gasteiger partial charge in [0.25, 0.3) is 0 Å². The molecule has 0 aliphatic rings. The van der Waals surface area contributed by atoms with Crippen molar-refractivity contribution in [3.05, 3.63) is 6.92 Å². The van der Waals surface area contributed by atoms with Crippen LogP contribution in [0.2, 0.25) is 0 Å². The molecule has 1 atom stereocenters. The van der Waals surface area contributed by atoms with Crippen LogP contribution in [-0.2, 0) is 0 Å². The van der Waals surface area contributed by atoms with Crippen LogP contribution in [0.5, 0.6) is 0 Å². The van der Waals surface area contributed by atoms with Crippen LogP contribution in [0.25, 0.3) is 0 Å². The summed E-state index contributed by atoms with van der Waals surface area (Å²) < 4.78 is 0. The van der Waals surface area contributed by atoms with Crippen LogP contribution in [0.4, 0.5) is 0 Å². The summed E-state index contributed by atoms with van der Waals surface area (Å²) in [6, 6.07) is 0. The van der Waals surface area contributed by atoms with Crippen LogP contribution < -0.4 is 0 Å². The van der Waals surface area contributed by atoms with Crippen molar-refractivity contribution in [3.8, 4) is 10.8 Å². The van der Waals surface area contributed by atoms with E-state index in [2.05, 4.69) is 33.6 Å². The van der Waals surface area contributed by atoms with Gasteiger partial charge in [0.1, 0.15) is 0 Å². The molecule has 1 unspecified atom stereocenters. The van der Waals surface area contributed by atoms with Crippen molar-refractivity contribution in [2.24, 2.45) is 5.92 Å². The Hall–Kier alpha value is 0.0400. The van der Waals surface area contributed by atoms with Gasteiger partial charge in [-0.25, -0.2) is 0 Å². The van der Waals surface area contributed by atoms with E-state index in [4.69, 9.17) is 0 Å². The Morgan fingerprint density at radius 3 is 2.33 bits per heavy atom. The Kier molecular flexibility index (Phi) is 3.26. The van der Waals surface area contributed by atoms with Crippen molar-refractivity contribution in [3.63, 3.8) is 0 Å². The average Bonchev–Trinajstić information content (AvgIpc) is 1.35. The highest BCUT2D eigenvalue weighted by atomic mass is 79.9. The number of halogens is 1. The smallest absolute Gasteiger partial charge is 0.0184 e. The molecule has 0 amide bonds. The summed E-state index contributed by atoms with van der Waals surface area (Å²) in [6.07, 6.45) is 0. The lowest BCUT2D eigenvalue weighted by Crippen LogP contribution is -1.74. The predicted octanol–water partition coefficient (Wildman–Crippen LogP) is 1.81. The second-order valence-electron chi connectivity index (χ2n) is 1.14. The fourth-order valence-corrected chi connectivity index (χ4v) is 0.484. The second kappa shape index (κ2) is 3.24. The predicted molar refractivity (Wildman–Crippen MR) is 31.2 cm³/mol. The van der Waals surface area contributed by atoms with E-state index >= 15 is 0 Å². The number of hydrogen-bond acceptors (Lipinski definition) is 0. The summed E-state index contributed by atoms with van der Waals surface area (Å²) in [5, 5.41) is 0. The van der Waals surface area contributed by atoms with Crippen molar-refractivity contribution >= 4 is 15.9 Å². The van der Waals surface area contributed by atoms with E-state index in [1.165, 1.54) is 0 Å². The number of rotatable bonds is 0. The van der Waals surface area contributed by atoms with Gasteiger partial charge < -0.3 is 0 Å². The van der Waals surface area contributed by atoms with E-state index in [-0.39, 0.29) is 5.92 Å². The van der Waals surface area contributed by atoms with Gasteiger partial charge in [-0.15, -0.1) is 0 Å². The highest BCUT2D eigenvalue weighted by molar-refractivity contribution is 9.12. The van der Waals surface area contributed by atoms with Crippen molar-refractivity contribution in [2.45, 2.75) is 6.92 Å². The molecule has 1 radical (unpaired) electrons. The highest BCUT2D eigenvalue weighted by Crippen LogP contribution is 1.85. The maximum absolute atomic E-state index is 3.62. The van der Waals surface area contributed by atoms with Crippen molar-refractivity contribution < 1.29 is 0 Å². The molecule has 6 heavy (non-hydrogen) atoms. The van der Waals surface area contributed by atoms with Gasteiger partial charge in [-0.2, -0.15) is 0 Å². The zero-order valence-electron chi connectivity index (χ0n) is 3.66. The zero-order chi connectivity index (χ0) is 4.99. The maximum atomic E-state index is 3.62. The molecule has 0 saturated heterocycles. The Balaban J connectivity index is 3.20. The molecule has 0 aromatic heterocycles. The van der Waals surface area contributed by atoms with E-state index in [9.17, 15) is 0 Å². The van der Waals surface area contributed by atoms with Gasteiger partial charge in [-0.1, -0.05) is 12.8 Å². The molecule has 0 heterocycles. The summed E-state index contributed by atoms with van der Waals surface area (Å²) in [6.45, 7) is 5.56. The van der Waals surface area contributed by atoms with E-state index in [0.717, 1.165) is 0 Å². The van der Waals surface area contributed by atoms with Crippen LogP contribution in [0.1, 0.15) is 6.92 Å². The normalized spacial score (nSPS) is 7.33. The van der Waals surface area contributed by atoms with E-state index < -0.39 is 0 Å². The standard InChI is InChI=1S/C5H6Br/c1-5(2)3-4-6/h5H,1H2,2H3. The molecule has 0 nitrogen and oxygen atoms in total. The molecule has 0 aromatic rings. The molecule has 0 aromatic carbocycles. The lowest BCUT2D eigenvalue weighted by Gasteiger charge is -1.81. The van der Waals surface area contributed by atoms with Gasteiger partial charge in [-0.05, 0) is 11.8 Å². The summed E-state index contributed by atoms with van der Waals surface area (Å²) in [5.74, 6) is 3.00. The third kappa shape index (κ3) is 4.04. The van der Waals surface area contributed by atoms with E-state index in [1.807, 2.05) is 6.92 Å². The van der Waals surface area contributed by atoms with Gasteiger partial charge in [0.2, 0.25) is 0 Å². The van der Waals surface area contributed by atoms with Gasteiger partial charge in [0.05, 0.1) is 0 Å². The minimum absolute atomic E-state index is 0.240. The molecule has 0 spiro atoms. The van der Waals surface area contributed by atoms with Crippen LogP contribution in [0, 0.1) is 23.6 Å². The monoisotopic (exact) mass is 145 g/mol. The zero-order valence-corrected chi connectivity index (χ0v) is 5.25. The molecular weight excluding hydrogens is 140 g/mol. The van der Waals surface area contributed by atoms with E-state index in [1.54, 1.807) is 0 Å². The molecule has 0 aliphatic heterocycles. The summed E-state index contributed by atoms with van der Waals surface area (Å²) in [5.41, 5.74) is 0. The molecule has 0 aliphatic carbocycles. The van der Waals surface area contributed by atoms with Crippen LogP contribution in [-0.4, -0.2) is 0 Å². The van der Waals surface area contributed by atoms with Gasteiger partial charge in [-0.3, -0.25) is 0 Å². The molecule has 0 bridgehead atoms. The van der Waals surface area contributed by atoms with Gasteiger partial charge in [0.15, 0.2) is 0 Å². The molecule has 0 rings (SSSR count). The molecule has 33 valence electrons. The Labute approximate surface area is 47.1 Å². The third-order valence-electron chi connectivity index (χ3n) is 0.301. The SMILES string of the molecule is [CH2]C(C)C#CBr. The van der Waals surface area contributed by atoms with Crippen molar-refractivity contribution in [2.75, 3.05) is 0 Å². The second-order valence-corrected chi connectivity index (χ2v) is 1.54. The minimum Gasteiger partial charge on any atom is -0.0876 e. The molecule has 0 fully saturated rings. The van der Waals surface area contributed by atoms with Crippen LogP contribution in [0.3, 0.4) is 0 Å². The fraction of sp³-hybridized carbons (Fsp3) is 0.400. The highest BCUT2D eigenvalue weighted by Gasteiger charge is 1.76. The Morgan fingerprint density at radius 2 is 2.33 bits per heavy atom. The Morgan fingerprint density at radius 1 is 1.83 bits per heavy atom. The average molecular weight is 146 g/mol. The summed E-state index contributed by atoms with van der Waals surface area (Å²) in [7, 11) is 0. The molecule has 0 N–H and O–H groups in total. The number of hydrogen-bond donors (Lipinski definition) is 0.